The van der Waals surface area contributed by atoms with Gasteiger partial charge in [0.1, 0.15) is 0 Å². The van der Waals surface area contributed by atoms with Gasteiger partial charge in [-0.2, -0.15) is 15.7 Å². The Balaban J connectivity index is 1.56. The molecule has 0 aromatic carbocycles. The zero-order valence-electron chi connectivity index (χ0n) is 16.9. The van der Waals surface area contributed by atoms with Crippen molar-refractivity contribution in [1.82, 2.24) is 34.4 Å². The number of nitrogens with zero attached hydrogens (tertiary/aromatic N) is 8. The SMILES string of the molecule is CC(C)(C)N1SN2SN3SN4SNSNSN(S4)SN(S3)SN(S2)SN(C(C)(C)C)S1. The third kappa shape index (κ3) is 8.58. The Kier molecular flexibility index (Phi) is 11.2. The molecule has 0 saturated carbocycles. The number of hydrogen-bond donors (Lipinski definition) is 2. The number of nitrogens with one attached hydrogen (secondary N) is 2. The molecular formula is C8H20N10S13. The molecule has 23 heteroatoms. The number of hydrogen-bond acceptors (Lipinski definition) is 23. The van der Waals surface area contributed by atoms with E-state index in [0.29, 0.717) is 0 Å². The Hall–Kier alpha value is 4.15. The summed E-state index contributed by atoms with van der Waals surface area (Å²) in [5.74, 6) is 0. The lowest BCUT2D eigenvalue weighted by molar-refractivity contribution is 0.367. The lowest BCUT2D eigenvalue weighted by atomic mass is 10.1. The van der Waals surface area contributed by atoms with Gasteiger partial charge in [0.25, 0.3) is 0 Å². The van der Waals surface area contributed by atoms with Crippen LogP contribution < -0.4 is 8.25 Å². The van der Waals surface area contributed by atoms with Crippen molar-refractivity contribution in [2.24, 2.45) is 0 Å². The Morgan fingerprint density at radius 3 is 1.13 bits per heavy atom. The molecule has 4 rings (SSSR count). The summed E-state index contributed by atoms with van der Waals surface area (Å²) in [5, 5.41) is 0. The van der Waals surface area contributed by atoms with E-state index >= 15 is 0 Å². The van der Waals surface area contributed by atoms with Gasteiger partial charge in [0.2, 0.25) is 0 Å². The Labute approximate surface area is 242 Å². The predicted molar refractivity (Wildman–Crippen MR) is 159 cm³/mol. The fourth-order valence-electron chi connectivity index (χ4n) is 1.48. The summed E-state index contributed by atoms with van der Waals surface area (Å²) in [5.41, 5.74) is -0.0333. The van der Waals surface area contributed by atoms with Gasteiger partial charge in [0.15, 0.2) is 0 Å². The molecular weight excluding hydrogens is 653 g/mol. The molecule has 4 saturated heterocycles. The first kappa shape index (κ1) is 28.2. The molecule has 6 atom stereocenters. The highest BCUT2D eigenvalue weighted by atomic mass is 32.4. The van der Waals surface area contributed by atoms with Gasteiger partial charge in [-0.25, -0.2) is 0 Å². The summed E-state index contributed by atoms with van der Waals surface area (Å²) in [6.45, 7) is 13.5. The van der Waals surface area contributed by atoms with E-state index in [0.717, 1.165) is 0 Å². The summed E-state index contributed by atoms with van der Waals surface area (Å²) in [6, 6.07) is 0. The molecule has 0 aromatic heterocycles. The van der Waals surface area contributed by atoms with Crippen molar-refractivity contribution < 1.29 is 0 Å². The minimum absolute atomic E-state index is 0.0166. The number of rotatable bonds is 0. The summed E-state index contributed by atoms with van der Waals surface area (Å²) >= 11 is 21.5. The molecule has 4 aliphatic rings. The Morgan fingerprint density at radius 1 is 0.419 bits per heavy atom. The minimum Gasteiger partial charge on any atom is -0.179 e. The normalized spacial score (nSPS) is 39.7. The first-order valence-corrected chi connectivity index (χ1v) is 17.9. The average Bonchev–Trinajstić information content (AvgIpc) is 2.55. The van der Waals surface area contributed by atoms with Crippen LogP contribution in [-0.2, 0) is 0 Å². The first-order chi connectivity index (χ1) is 14.6. The molecule has 10 nitrogen and oxygen atoms in total. The van der Waals surface area contributed by atoms with Crippen LogP contribution in [-0.4, -0.2) is 37.2 Å². The third-order valence-electron chi connectivity index (χ3n) is 2.77. The molecule has 2 N–H and O–H groups in total. The standard InChI is InChI=1S/C8H20N10S13/c1-7(2,3)11-22-12(8(4,5)6)24-16-28-15(23-11)29-17-26-13-20-9-19-10-21-14(25-13)27-18(30-16)31-17/h9-10H,1-6H3. The van der Waals surface area contributed by atoms with Gasteiger partial charge in [-0.05, 0) is 41.5 Å². The molecule has 0 spiro atoms. The van der Waals surface area contributed by atoms with Crippen molar-refractivity contribution in [1.29, 1.82) is 0 Å². The third-order valence-corrected chi connectivity index (χ3v) is 17.3. The van der Waals surface area contributed by atoms with Crippen molar-refractivity contribution in [3.05, 3.63) is 0 Å². The zero-order chi connectivity index (χ0) is 22.2. The van der Waals surface area contributed by atoms with E-state index in [4.69, 9.17) is 0 Å². The van der Waals surface area contributed by atoms with E-state index in [1.54, 1.807) is 146 Å². The maximum atomic E-state index is 3.23. The van der Waals surface area contributed by atoms with Crippen LogP contribution in [0.4, 0.5) is 0 Å². The summed E-state index contributed by atoms with van der Waals surface area (Å²) in [7, 11) is 0. The molecule has 4 heterocycles. The maximum absolute atomic E-state index is 3.23. The topological polar surface area (TPSA) is 50.0 Å². The van der Waals surface area contributed by atoms with Gasteiger partial charge >= 0.3 is 0 Å². The highest BCUT2D eigenvalue weighted by Crippen LogP contribution is 2.62. The van der Waals surface area contributed by atoms with E-state index in [1.165, 1.54) is 12.1 Å². The van der Waals surface area contributed by atoms with Crippen LogP contribution in [0.1, 0.15) is 41.5 Å². The molecule has 0 amide bonds. The Morgan fingerprint density at radius 2 is 0.742 bits per heavy atom. The van der Waals surface area contributed by atoms with E-state index in [-0.39, 0.29) is 11.1 Å². The van der Waals surface area contributed by atoms with Crippen LogP contribution in [0.3, 0.4) is 0 Å². The van der Waals surface area contributed by atoms with Gasteiger partial charge in [-0.1, -0.05) is 18.7 Å². The Bertz CT molecular complexity index is 562. The van der Waals surface area contributed by atoms with Crippen LogP contribution in [0.15, 0.2) is 0 Å². The predicted octanol–water partition coefficient (Wildman–Crippen LogP) is 7.55. The lowest BCUT2D eigenvalue weighted by Gasteiger charge is -2.46. The van der Waals surface area contributed by atoms with Gasteiger partial charge < -0.3 is 0 Å². The smallest absolute Gasteiger partial charge is 0.0586 e. The van der Waals surface area contributed by atoms with Crippen molar-refractivity contribution >= 4 is 158 Å². The van der Waals surface area contributed by atoms with E-state index < -0.39 is 0 Å². The van der Waals surface area contributed by atoms with Crippen molar-refractivity contribution in [3.8, 4) is 0 Å². The van der Waals surface area contributed by atoms with E-state index in [9.17, 15) is 0 Å². The molecule has 0 radical (unpaired) electrons. The van der Waals surface area contributed by atoms with Gasteiger partial charge in [-0.15, -0.1) is 0 Å². The van der Waals surface area contributed by atoms with Crippen LogP contribution >= 0.6 is 158 Å². The highest BCUT2D eigenvalue weighted by molar-refractivity contribution is 8.46. The number of fused-ring (bicyclic) bond motifs is 6. The second kappa shape index (κ2) is 12.3. The monoisotopic (exact) mass is 672 g/mol. The molecule has 4 aliphatic heterocycles. The van der Waals surface area contributed by atoms with Crippen molar-refractivity contribution in [3.63, 3.8) is 0 Å². The van der Waals surface area contributed by atoms with Crippen molar-refractivity contribution in [2.45, 2.75) is 52.6 Å². The summed E-state index contributed by atoms with van der Waals surface area (Å²) in [6.07, 6.45) is 0. The zero-order valence-corrected chi connectivity index (χ0v) is 27.5. The fourth-order valence-corrected chi connectivity index (χ4v) is 19.7. The van der Waals surface area contributed by atoms with Crippen LogP contribution in [0.2, 0.25) is 0 Å². The minimum atomic E-state index is -0.0166. The summed E-state index contributed by atoms with van der Waals surface area (Å²) in [4.78, 5) is 0. The quantitative estimate of drug-likeness (QED) is 0.249. The molecule has 6 bridgehead atoms. The second-order valence-electron chi connectivity index (χ2n) is 7.47. The van der Waals surface area contributed by atoms with Crippen LogP contribution in [0.25, 0.3) is 0 Å². The molecule has 31 heavy (non-hydrogen) atoms. The van der Waals surface area contributed by atoms with Gasteiger partial charge in [0, 0.05) is 83.9 Å². The first-order valence-electron chi connectivity index (χ1n) is 8.28. The lowest BCUT2D eigenvalue weighted by Crippen LogP contribution is -2.42. The van der Waals surface area contributed by atoms with Gasteiger partial charge in [0.05, 0.1) is 84.9 Å². The average molecular weight is 673 g/mol. The molecule has 6 unspecified atom stereocenters. The van der Waals surface area contributed by atoms with Crippen LogP contribution in [0.5, 0.6) is 0 Å². The molecule has 180 valence electrons. The highest BCUT2D eigenvalue weighted by Gasteiger charge is 2.43. The van der Waals surface area contributed by atoms with Gasteiger partial charge in [-0.3, -0.25) is 0 Å². The van der Waals surface area contributed by atoms with Crippen LogP contribution in [0, 0.1) is 0 Å². The largest absolute Gasteiger partial charge is 0.179 e. The fraction of sp³-hybridized carbons (Fsp3) is 1.00. The van der Waals surface area contributed by atoms with E-state index in [1.807, 2.05) is 0 Å². The second-order valence-corrected chi connectivity index (χ2v) is 23.7. The van der Waals surface area contributed by atoms with E-state index in [2.05, 4.69) is 75.9 Å². The molecule has 4 fully saturated rings. The van der Waals surface area contributed by atoms with Crippen molar-refractivity contribution in [2.75, 3.05) is 0 Å². The maximum Gasteiger partial charge on any atom is 0.0586 e. The molecule has 0 aliphatic carbocycles. The summed E-state index contributed by atoms with van der Waals surface area (Å²) < 4.78 is 24.4. The molecule has 0 aromatic rings.